The Morgan fingerprint density at radius 3 is 1.66 bits per heavy atom. The molecule has 0 saturated carbocycles. The molecular weight excluding hydrogens is 963 g/mol. The van der Waals surface area contributed by atoms with Crippen LogP contribution in [0, 0.1) is 0 Å². The van der Waals surface area contributed by atoms with Gasteiger partial charge in [-0.25, -0.2) is 0 Å². The van der Waals surface area contributed by atoms with Gasteiger partial charge in [-0.3, -0.25) is 0 Å². The first kappa shape index (κ1) is 39.4. The van der Waals surface area contributed by atoms with Crippen LogP contribution in [0.4, 0.5) is 34.1 Å². The molecule has 14 rings (SSSR count). The van der Waals surface area contributed by atoms with Gasteiger partial charge in [-0.05, 0) is 0 Å². The van der Waals surface area contributed by atoms with E-state index in [1.807, 2.05) is 0 Å². The van der Waals surface area contributed by atoms with Crippen LogP contribution in [0.25, 0.3) is 95.8 Å². The SMILES string of the molecule is [SeH]c1cccc(N(c2ccccc2)c2ccc3cc4c(cc3c2)oc2c4ccc3oc4cc5cc(N(c6ccccc6)c6cccc7[se]c8ccccc8c67)ccc5cc4c32)c1-c1ccccc1. The van der Waals surface area contributed by atoms with E-state index in [-0.39, 0.29) is 14.5 Å². The molecule has 11 aromatic carbocycles. The van der Waals surface area contributed by atoms with Crippen molar-refractivity contribution in [3.05, 3.63) is 224 Å². The van der Waals surface area contributed by atoms with E-state index >= 15 is 0 Å². The topological polar surface area (TPSA) is 32.8 Å². The number of anilines is 6. The van der Waals surface area contributed by atoms with E-state index in [1.165, 1.54) is 36.1 Å². The van der Waals surface area contributed by atoms with Crippen LogP contribution in [0.5, 0.6) is 0 Å². The fourth-order valence-electron chi connectivity index (χ4n) is 10.4. The third kappa shape index (κ3) is 6.27. The van der Waals surface area contributed by atoms with Gasteiger partial charge in [-0.2, -0.15) is 0 Å². The van der Waals surface area contributed by atoms with Crippen molar-refractivity contribution in [2.75, 3.05) is 9.80 Å². The van der Waals surface area contributed by atoms with E-state index in [9.17, 15) is 0 Å². The predicted octanol–water partition coefficient (Wildman–Crippen LogP) is 16.3. The van der Waals surface area contributed by atoms with Crippen LogP contribution in [0.15, 0.2) is 233 Å². The van der Waals surface area contributed by atoms with E-state index in [2.05, 4.69) is 250 Å². The number of hydrogen-bond donors (Lipinski definition) is 0. The van der Waals surface area contributed by atoms with Gasteiger partial charge in [0.05, 0.1) is 0 Å². The zero-order valence-corrected chi connectivity index (χ0v) is 40.0. The van der Waals surface area contributed by atoms with Crippen molar-refractivity contribution in [2.45, 2.75) is 0 Å². The summed E-state index contributed by atoms with van der Waals surface area (Å²) >= 11 is 3.03. The molecule has 0 aliphatic heterocycles. The summed E-state index contributed by atoms with van der Waals surface area (Å²) in [7, 11) is 0. The van der Waals surface area contributed by atoms with Gasteiger partial charge in [0.1, 0.15) is 0 Å². The average Bonchev–Trinajstić information content (AvgIpc) is 4.07. The summed E-state index contributed by atoms with van der Waals surface area (Å²) in [6.45, 7) is 0. The van der Waals surface area contributed by atoms with Crippen molar-refractivity contribution < 1.29 is 8.83 Å². The Hall–Kier alpha value is -7.82. The number of furan rings is 2. The number of hydrogen-bond acceptors (Lipinski definition) is 4. The zero-order valence-electron chi connectivity index (χ0n) is 36.4. The van der Waals surface area contributed by atoms with Gasteiger partial charge < -0.3 is 0 Å². The molecular formula is C62H38N2O2Se2. The van der Waals surface area contributed by atoms with Crippen molar-refractivity contribution in [2.24, 2.45) is 0 Å². The van der Waals surface area contributed by atoms with E-state index in [4.69, 9.17) is 8.83 Å². The van der Waals surface area contributed by atoms with Gasteiger partial charge in [0.15, 0.2) is 0 Å². The van der Waals surface area contributed by atoms with Gasteiger partial charge in [0.2, 0.25) is 0 Å². The number of fused-ring (bicyclic) bond motifs is 12. The second-order valence-electron chi connectivity index (χ2n) is 17.4. The third-order valence-corrected chi connectivity index (χ3v) is 16.6. The third-order valence-electron chi connectivity index (χ3n) is 13.4. The molecule has 3 heterocycles. The van der Waals surface area contributed by atoms with Crippen molar-refractivity contribution in [1.82, 2.24) is 0 Å². The first-order valence-corrected chi connectivity index (χ1v) is 25.4. The summed E-state index contributed by atoms with van der Waals surface area (Å²) in [6.07, 6.45) is 0. The Bertz CT molecular complexity index is 4290. The summed E-state index contributed by atoms with van der Waals surface area (Å²) in [5, 5.41) is 11.4. The van der Waals surface area contributed by atoms with Crippen molar-refractivity contribution in [3.63, 3.8) is 0 Å². The van der Waals surface area contributed by atoms with E-state index < -0.39 is 0 Å². The molecule has 320 valence electrons. The van der Waals surface area contributed by atoms with Crippen LogP contribution < -0.4 is 14.3 Å². The van der Waals surface area contributed by atoms with Crippen LogP contribution in [-0.2, 0) is 0 Å². The molecule has 0 N–H and O–H groups in total. The van der Waals surface area contributed by atoms with Gasteiger partial charge in [0.25, 0.3) is 0 Å². The molecule has 0 unspecified atom stereocenters. The second-order valence-corrected chi connectivity index (χ2v) is 20.7. The molecule has 68 heavy (non-hydrogen) atoms. The molecule has 6 heteroatoms. The van der Waals surface area contributed by atoms with Crippen molar-refractivity contribution in [3.8, 4) is 11.1 Å². The molecule has 14 aromatic rings. The monoisotopic (exact) mass is 1000 g/mol. The summed E-state index contributed by atoms with van der Waals surface area (Å²) in [4.78, 5) is 4.77. The summed E-state index contributed by atoms with van der Waals surface area (Å²) in [5.41, 5.74) is 12.4. The summed E-state index contributed by atoms with van der Waals surface area (Å²) < 4.78 is 17.7. The standard InChI is InChI=1S/C62H38N2O2Se2/c67-56-23-12-21-51(59(56)38-14-4-1-5-15-38)63(43-16-6-2-7-17-43)45-28-26-39-34-49-47-30-31-53-61(62(47)66-54(49)36-41(39)32-45)50-35-40-27-29-46(33-42(40)37-55(50)65-53)64(44-18-8-3-9-19-44)52-22-13-25-58-60(52)48-20-10-11-24-57(48)68-58/h1-37,67H. The minimum absolute atomic E-state index is 0.266. The summed E-state index contributed by atoms with van der Waals surface area (Å²) in [5.74, 6) is 0. The van der Waals surface area contributed by atoms with Crippen LogP contribution in [0.3, 0.4) is 0 Å². The van der Waals surface area contributed by atoms with E-state index in [0.29, 0.717) is 0 Å². The van der Waals surface area contributed by atoms with Gasteiger partial charge in [0, 0.05) is 0 Å². The maximum atomic E-state index is 6.94. The molecule has 0 radical (unpaired) electrons. The number of rotatable bonds is 7. The van der Waals surface area contributed by atoms with Crippen molar-refractivity contribution >= 4 is 154 Å². The second kappa shape index (κ2) is 15.6. The molecule has 0 saturated heterocycles. The average molecular weight is 1000 g/mol. The minimum atomic E-state index is 0.266. The van der Waals surface area contributed by atoms with Crippen LogP contribution >= 0.6 is 0 Å². The van der Waals surface area contributed by atoms with E-state index in [1.54, 1.807) is 0 Å². The predicted molar refractivity (Wildman–Crippen MR) is 290 cm³/mol. The first-order valence-electron chi connectivity index (χ1n) is 22.8. The Morgan fingerprint density at radius 1 is 0.353 bits per heavy atom. The molecule has 0 aliphatic rings. The zero-order chi connectivity index (χ0) is 44.9. The van der Waals surface area contributed by atoms with Crippen LogP contribution in [0.2, 0.25) is 0 Å². The number of para-hydroxylation sites is 2. The Morgan fingerprint density at radius 2 is 0.941 bits per heavy atom. The molecule has 3 aromatic heterocycles. The normalized spacial score (nSPS) is 11.9. The number of benzene rings is 11. The molecule has 4 nitrogen and oxygen atoms in total. The first-order chi connectivity index (χ1) is 33.6. The Labute approximate surface area is 405 Å². The van der Waals surface area contributed by atoms with Gasteiger partial charge in [-0.1, -0.05) is 0 Å². The quantitative estimate of drug-likeness (QED) is 0.149. The molecule has 0 atom stereocenters. The fourth-order valence-corrected chi connectivity index (χ4v) is 13.5. The van der Waals surface area contributed by atoms with Crippen LogP contribution in [0.1, 0.15) is 0 Å². The summed E-state index contributed by atoms with van der Waals surface area (Å²) in [6, 6.07) is 81.0. The molecule has 0 amide bonds. The molecule has 0 spiro atoms. The Kier molecular flexibility index (Phi) is 9.05. The van der Waals surface area contributed by atoms with Gasteiger partial charge in [-0.15, -0.1) is 0 Å². The van der Waals surface area contributed by atoms with Gasteiger partial charge >= 0.3 is 408 Å². The molecule has 0 bridgehead atoms. The number of nitrogens with zero attached hydrogens (tertiary/aromatic N) is 2. The molecule has 0 fully saturated rings. The maximum absolute atomic E-state index is 6.94. The fraction of sp³-hybridized carbons (Fsp3) is 0. The molecule has 0 aliphatic carbocycles. The Balaban J connectivity index is 0.899. The van der Waals surface area contributed by atoms with E-state index in [0.717, 1.165) is 98.3 Å². The van der Waals surface area contributed by atoms with Crippen molar-refractivity contribution in [1.29, 1.82) is 0 Å². The van der Waals surface area contributed by atoms with Crippen LogP contribution in [-0.4, -0.2) is 30.5 Å².